The van der Waals surface area contributed by atoms with Gasteiger partial charge in [-0.2, -0.15) is 0 Å². The van der Waals surface area contributed by atoms with Crippen molar-refractivity contribution >= 4 is 19.8 Å². The highest BCUT2D eigenvalue weighted by Gasteiger charge is 2.27. The molecule has 3 N–H and O–H groups in total. The van der Waals surface area contributed by atoms with Gasteiger partial charge in [0.2, 0.25) is 0 Å². The SMILES string of the molecule is CCCCC/C=C\CCCCCCCC(=O)OC(COC(=O)CCCCC)COP(=O)(O)OCC(O)CO. The third-order valence-electron chi connectivity index (χ3n) is 5.67. The van der Waals surface area contributed by atoms with Crippen molar-refractivity contribution in [3.63, 3.8) is 0 Å². The lowest BCUT2D eigenvalue weighted by molar-refractivity contribution is -0.161. The average Bonchev–Trinajstić information content (AvgIpc) is 2.89. The van der Waals surface area contributed by atoms with Crippen LogP contribution in [0.2, 0.25) is 0 Å². The Morgan fingerprint density at radius 2 is 1.29 bits per heavy atom. The van der Waals surface area contributed by atoms with Crippen molar-refractivity contribution in [1.82, 2.24) is 0 Å². The molecule has 0 aromatic heterocycles. The molecule has 0 aliphatic rings. The fourth-order valence-corrected chi connectivity index (χ4v) is 4.19. The number of unbranched alkanes of at least 4 members (excludes halogenated alkanes) is 10. The summed E-state index contributed by atoms with van der Waals surface area (Å²) in [7, 11) is -4.58. The summed E-state index contributed by atoms with van der Waals surface area (Å²) in [4.78, 5) is 34.0. The summed E-state index contributed by atoms with van der Waals surface area (Å²) in [6.07, 6.45) is 15.7. The summed E-state index contributed by atoms with van der Waals surface area (Å²) < 4.78 is 32.0. The highest BCUT2D eigenvalue weighted by Crippen LogP contribution is 2.43. The number of allylic oxidation sites excluding steroid dienone is 2. The predicted octanol–water partition coefficient (Wildman–Crippen LogP) is 5.38. The number of aliphatic hydroxyl groups excluding tert-OH is 2. The number of phosphoric ester groups is 1. The van der Waals surface area contributed by atoms with Crippen molar-refractivity contribution in [2.75, 3.05) is 26.4 Å². The van der Waals surface area contributed by atoms with E-state index >= 15 is 0 Å². The van der Waals surface area contributed by atoms with Crippen LogP contribution in [0, 0.1) is 0 Å². The Morgan fingerprint density at radius 3 is 1.95 bits per heavy atom. The predicted molar refractivity (Wildman–Crippen MR) is 145 cm³/mol. The third-order valence-corrected chi connectivity index (χ3v) is 6.62. The minimum Gasteiger partial charge on any atom is -0.462 e. The topological polar surface area (TPSA) is 149 Å². The largest absolute Gasteiger partial charge is 0.472 e. The molecule has 0 aliphatic heterocycles. The van der Waals surface area contributed by atoms with Gasteiger partial charge in [-0.25, -0.2) is 4.57 Å². The Labute approximate surface area is 228 Å². The first-order chi connectivity index (χ1) is 18.2. The summed E-state index contributed by atoms with van der Waals surface area (Å²) in [5.74, 6) is -0.968. The molecule has 224 valence electrons. The number of aliphatic hydroxyl groups is 2. The van der Waals surface area contributed by atoms with Crippen LogP contribution in [0.4, 0.5) is 0 Å². The van der Waals surface area contributed by atoms with Crippen LogP contribution in [-0.4, -0.2) is 65.7 Å². The molecule has 0 aromatic rings. The third kappa shape index (κ3) is 23.8. The molecule has 38 heavy (non-hydrogen) atoms. The number of hydrogen-bond donors (Lipinski definition) is 3. The van der Waals surface area contributed by atoms with E-state index in [1.165, 1.54) is 19.3 Å². The molecule has 0 amide bonds. The monoisotopic (exact) mass is 566 g/mol. The maximum atomic E-state index is 12.3. The van der Waals surface area contributed by atoms with Gasteiger partial charge in [-0.3, -0.25) is 18.6 Å². The van der Waals surface area contributed by atoms with Gasteiger partial charge in [0.15, 0.2) is 6.10 Å². The van der Waals surface area contributed by atoms with Crippen LogP contribution in [0.5, 0.6) is 0 Å². The lowest BCUT2D eigenvalue weighted by Crippen LogP contribution is -2.29. The average molecular weight is 567 g/mol. The number of hydrogen-bond acceptors (Lipinski definition) is 9. The zero-order valence-electron chi connectivity index (χ0n) is 23.4. The van der Waals surface area contributed by atoms with E-state index in [4.69, 9.17) is 19.1 Å². The molecule has 0 heterocycles. The maximum absolute atomic E-state index is 12.3. The van der Waals surface area contributed by atoms with Gasteiger partial charge in [-0.1, -0.05) is 70.9 Å². The fraction of sp³-hybridized carbons (Fsp3) is 0.852. The molecule has 0 rings (SSSR count). The van der Waals surface area contributed by atoms with E-state index in [0.29, 0.717) is 12.8 Å². The first-order valence-corrected chi connectivity index (χ1v) is 15.6. The molecule has 0 aliphatic carbocycles. The lowest BCUT2D eigenvalue weighted by Gasteiger charge is -2.20. The molecule has 0 spiro atoms. The summed E-state index contributed by atoms with van der Waals surface area (Å²) in [6.45, 7) is 2.09. The van der Waals surface area contributed by atoms with Gasteiger partial charge in [0.1, 0.15) is 12.7 Å². The van der Waals surface area contributed by atoms with Crippen molar-refractivity contribution in [2.45, 2.75) is 122 Å². The highest BCUT2D eigenvalue weighted by atomic mass is 31.2. The molecule has 0 radical (unpaired) electrons. The lowest BCUT2D eigenvalue weighted by atomic mass is 10.1. The second-order valence-electron chi connectivity index (χ2n) is 9.42. The summed E-state index contributed by atoms with van der Waals surface area (Å²) in [6, 6.07) is 0. The number of ether oxygens (including phenoxy) is 2. The van der Waals surface area contributed by atoms with E-state index in [2.05, 4.69) is 23.6 Å². The number of rotatable bonds is 26. The summed E-state index contributed by atoms with van der Waals surface area (Å²) >= 11 is 0. The summed E-state index contributed by atoms with van der Waals surface area (Å²) in [5, 5.41) is 18.1. The number of esters is 2. The Hall–Kier alpha value is -1.29. The molecular formula is C27H51O10P. The molecule has 0 fully saturated rings. The Bertz CT molecular complexity index is 670. The van der Waals surface area contributed by atoms with Gasteiger partial charge < -0.3 is 24.6 Å². The van der Waals surface area contributed by atoms with Crippen LogP contribution in [0.15, 0.2) is 12.2 Å². The summed E-state index contributed by atoms with van der Waals surface area (Å²) in [5.41, 5.74) is 0. The van der Waals surface area contributed by atoms with Crippen LogP contribution >= 0.6 is 7.82 Å². The van der Waals surface area contributed by atoms with E-state index in [0.717, 1.165) is 51.4 Å². The van der Waals surface area contributed by atoms with E-state index in [-0.39, 0.29) is 19.4 Å². The van der Waals surface area contributed by atoms with Crippen LogP contribution in [0.1, 0.15) is 110 Å². The molecule has 11 heteroatoms. The van der Waals surface area contributed by atoms with Crippen molar-refractivity contribution in [1.29, 1.82) is 0 Å². The molecule has 10 nitrogen and oxygen atoms in total. The molecule has 0 saturated heterocycles. The quantitative estimate of drug-likeness (QED) is 0.0539. The minimum atomic E-state index is -4.58. The van der Waals surface area contributed by atoms with E-state index in [9.17, 15) is 24.2 Å². The highest BCUT2D eigenvalue weighted by molar-refractivity contribution is 7.47. The van der Waals surface area contributed by atoms with Gasteiger partial charge in [0.05, 0.1) is 19.8 Å². The van der Waals surface area contributed by atoms with E-state index < -0.39 is 51.8 Å². The van der Waals surface area contributed by atoms with Crippen molar-refractivity contribution < 1.29 is 47.8 Å². The molecule has 0 bridgehead atoms. The maximum Gasteiger partial charge on any atom is 0.472 e. The van der Waals surface area contributed by atoms with E-state index in [1.807, 2.05) is 6.92 Å². The molecule has 0 saturated carbocycles. The fourth-order valence-electron chi connectivity index (χ4n) is 3.40. The van der Waals surface area contributed by atoms with Gasteiger partial charge in [-0.05, 0) is 38.5 Å². The second-order valence-corrected chi connectivity index (χ2v) is 10.9. The number of phosphoric acid groups is 1. The van der Waals surface area contributed by atoms with Crippen LogP contribution in [0.3, 0.4) is 0 Å². The van der Waals surface area contributed by atoms with Gasteiger partial charge in [-0.15, -0.1) is 0 Å². The number of carbonyl (C=O) groups excluding carboxylic acids is 2. The molecule has 3 atom stereocenters. The smallest absolute Gasteiger partial charge is 0.462 e. The molecular weight excluding hydrogens is 515 g/mol. The zero-order valence-corrected chi connectivity index (χ0v) is 24.3. The first-order valence-electron chi connectivity index (χ1n) is 14.1. The number of carbonyl (C=O) groups is 2. The normalized spacial score (nSPS) is 14.8. The molecule has 3 unspecified atom stereocenters. The van der Waals surface area contributed by atoms with Gasteiger partial charge >= 0.3 is 19.8 Å². The van der Waals surface area contributed by atoms with Crippen molar-refractivity contribution in [2.24, 2.45) is 0 Å². The Kier molecular flexibility index (Phi) is 23.9. The van der Waals surface area contributed by atoms with Crippen LogP contribution < -0.4 is 0 Å². The van der Waals surface area contributed by atoms with Crippen LogP contribution in [0.25, 0.3) is 0 Å². The first kappa shape index (κ1) is 36.7. The van der Waals surface area contributed by atoms with Crippen molar-refractivity contribution in [3.8, 4) is 0 Å². The Morgan fingerprint density at radius 1 is 0.763 bits per heavy atom. The van der Waals surface area contributed by atoms with Crippen LogP contribution in [-0.2, 0) is 32.7 Å². The zero-order chi connectivity index (χ0) is 28.5. The Balaban J connectivity index is 4.40. The standard InChI is InChI=1S/C27H51O10P/c1-3-5-7-8-9-10-11-12-13-14-15-17-19-27(31)37-25(22-34-26(30)18-16-6-4-2)23-36-38(32,33)35-21-24(29)20-28/h9-10,24-25,28-29H,3-8,11-23H2,1-2H3,(H,32,33)/b10-9-. The van der Waals surface area contributed by atoms with Gasteiger partial charge in [0.25, 0.3) is 0 Å². The van der Waals surface area contributed by atoms with Gasteiger partial charge in [0, 0.05) is 12.8 Å². The second kappa shape index (κ2) is 24.7. The van der Waals surface area contributed by atoms with E-state index in [1.54, 1.807) is 0 Å². The minimum absolute atomic E-state index is 0.175. The molecule has 0 aromatic carbocycles. The van der Waals surface area contributed by atoms with Crippen molar-refractivity contribution in [3.05, 3.63) is 12.2 Å².